The van der Waals surface area contributed by atoms with E-state index in [9.17, 15) is 19.5 Å². The Morgan fingerprint density at radius 3 is 2.32 bits per heavy atom. The highest BCUT2D eigenvalue weighted by atomic mass is 16.6. The summed E-state index contributed by atoms with van der Waals surface area (Å²) in [6.45, 7) is 21.8. The predicted octanol–water partition coefficient (Wildman–Crippen LogP) is 5.82. The molecule has 12 atom stereocenters. The zero-order valence-corrected chi connectivity index (χ0v) is 30.5. The topological polar surface area (TPSA) is 134 Å². The van der Waals surface area contributed by atoms with Crippen molar-refractivity contribution >= 4 is 17.7 Å². The van der Waals surface area contributed by atoms with Crippen LogP contribution in [0, 0.1) is 56.7 Å². The molecule has 9 nitrogen and oxygen atoms in total. The van der Waals surface area contributed by atoms with Gasteiger partial charge in [-0.1, -0.05) is 54.0 Å². The number of carboxylic acid groups (broad SMARTS) is 1. The molecular formula is C38H61NO8. The highest BCUT2D eigenvalue weighted by molar-refractivity contribution is 6.00. The maximum absolute atomic E-state index is 14.8. The molecule has 1 aliphatic heterocycles. The number of hydrogen-bond acceptors (Lipinski definition) is 8. The number of carbonyl (C=O) groups is 3. The average molecular weight is 660 g/mol. The first kappa shape index (κ1) is 36.5. The summed E-state index contributed by atoms with van der Waals surface area (Å²) in [4.78, 5) is 40.7. The Labute approximate surface area is 282 Å². The number of hydrogen-bond donors (Lipinski definition) is 2. The molecule has 3 N–H and O–H groups in total. The number of rotatable bonds is 10. The number of carboxylic acids is 1. The molecule has 1 unspecified atom stereocenters. The fourth-order valence-electron chi connectivity index (χ4n) is 11.6. The summed E-state index contributed by atoms with van der Waals surface area (Å²) in [5.41, 5.74) is 4.32. The highest BCUT2D eigenvalue weighted by Crippen LogP contribution is 2.74. The van der Waals surface area contributed by atoms with Crippen molar-refractivity contribution < 1.29 is 38.4 Å². The van der Waals surface area contributed by atoms with E-state index in [0.29, 0.717) is 32.2 Å². The van der Waals surface area contributed by atoms with Crippen LogP contribution in [0.1, 0.15) is 101 Å². The molecule has 0 radical (unpaired) electrons. The van der Waals surface area contributed by atoms with Crippen LogP contribution in [0.3, 0.4) is 0 Å². The molecule has 5 aliphatic rings. The minimum atomic E-state index is -1.06. The van der Waals surface area contributed by atoms with E-state index in [0.717, 1.165) is 31.3 Å². The summed E-state index contributed by atoms with van der Waals surface area (Å²) in [6, 6.07) is -0.334. The molecule has 0 amide bonds. The summed E-state index contributed by atoms with van der Waals surface area (Å²) >= 11 is 0. The van der Waals surface area contributed by atoms with Crippen LogP contribution < -0.4 is 5.73 Å². The Hall–Kier alpha value is -1.81. The Kier molecular flexibility index (Phi) is 9.70. The van der Waals surface area contributed by atoms with E-state index < -0.39 is 51.2 Å². The Morgan fingerprint density at radius 2 is 1.72 bits per heavy atom. The maximum Gasteiger partial charge on any atom is 0.308 e. The molecule has 4 fully saturated rings. The van der Waals surface area contributed by atoms with Gasteiger partial charge < -0.3 is 29.8 Å². The maximum atomic E-state index is 14.8. The summed E-state index contributed by atoms with van der Waals surface area (Å²) < 4.78 is 24.9. The van der Waals surface area contributed by atoms with Gasteiger partial charge in [0.2, 0.25) is 0 Å². The first-order chi connectivity index (χ1) is 21.8. The molecule has 266 valence electrons. The van der Waals surface area contributed by atoms with Gasteiger partial charge in [-0.2, -0.15) is 0 Å². The fraction of sp³-hybridized carbons (Fsp3) is 0.868. The first-order valence-corrected chi connectivity index (χ1v) is 18.0. The van der Waals surface area contributed by atoms with Gasteiger partial charge in [0.15, 0.2) is 5.78 Å². The molecule has 1 heterocycles. The number of carbonyl (C=O) groups excluding carboxylic acids is 2. The van der Waals surface area contributed by atoms with E-state index in [-0.39, 0.29) is 48.3 Å². The third-order valence-corrected chi connectivity index (χ3v) is 14.4. The van der Waals surface area contributed by atoms with Crippen LogP contribution in [0.2, 0.25) is 0 Å². The van der Waals surface area contributed by atoms with Crippen molar-refractivity contribution in [3.63, 3.8) is 0 Å². The Morgan fingerprint density at radius 1 is 1.04 bits per heavy atom. The first-order valence-electron chi connectivity index (χ1n) is 18.0. The summed E-state index contributed by atoms with van der Waals surface area (Å²) in [7, 11) is 0. The van der Waals surface area contributed by atoms with Crippen LogP contribution in [-0.2, 0) is 33.3 Å². The van der Waals surface area contributed by atoms with Crippen LogP contribution >= 0.6 is 0 Å². The standard InChI is InChI=1S/C38H61NO8/c1-21(2)23(5)34(7)13-14-36(9)26-11-12-29-35(8)19-44-20-38(29,27(26)15-30(41)37(36,10)31(34)33(42)43)16-28(47-24(6)40)32(35)46-18-25(39)17-45-22(3)4/h15,21-23,25-26,28-29,31-32H,11-14,16-20,39H2,1-10H3,(H,42,43)/t23-,25?,26+,28-,29+,31-,32+,34-,35+,36-,37+,38+/m1/s1. The third kappa shape index (κ3) is 5.45. The van der Waals surface area contributed by atoms with Crippen LogP contribution in [0.5, 0.6) is 0 Å². The number of aliphatic carboxylic acids is 1. The predicted molar refractivity (Wildman–Crippen MR) is 178 cm³/mol. The van der Waals surface area contributed by atoms with E-state index in [1.165, 1.54) is 6.92 Å². The summed E-state index contributed by atoms with van der Waals surface area (Å²) in [5, 5.41) is 10.9. The molecule has 0 aromatic carbocycles. The van der Waals surface area contributed by atoms with Crippen LogP contribution in [0.15, 0.2) is 11.6 Å². The molecular weight excluding hydrogens is 598 g/mol. The van der Waals surface area contributed by atoms with Crippen molar-refractivity contribution in [2.45, 2.75) is 126 Å². The van der Waals surface area contributed by atoms with Crippen molar-refractivity contribution in [2.24, 2.45) is 62.4 Å². The van der Waals surface area contributed by atoms with Crippen molar-refractivity contribution in [3.8, 4) is 0 Å². The van der Waals surface area contributed by atoms with Gasteiger partial charge in [0.1, 0.15) is 12.2 Å². The number of allylic oxidation sites excluding steroid dienone is 1. The zero-order chi connectivity index (χ0) is 34.9. The lowest BCUT2D eigenvalue weighted by atomic mass is 9.34. The van der Waals surface area contributed by atoms with E-state index in [1.54, 1.807) is 0 Å². The quantitative estimate of drug-likeness (QED) is 0.278. The van der Waals surface area contributed by atoms with Crippen molar-refractivity contribution in [1.82, 2.24) is 0 Å². The van der Waals surface area contributed by atoms with Crippen LogP contribution in [-0.4, -0.2) is 73.6 Å². The van der Waals surface area contributed by atoms with Gasteiger partial charge >= 0.3 is 11.9 Å². The zero-order valence-electron chi connectivity index (χ0n) is 30.5. The number of fused-ring (bicyclic) bond motifs is 3. The number of ether oxygens (including phenoxy) is 4. The lowest BCUT2D eigenvalue weighted by Crippen LogP contribution is -2.71. The largest absolute Gasteiger partial charge is 0.481 e. The fourth-order valence-corrected chi connectivity index (χ4v) is 11.6. The van der Waals surface area contributed by atoms with Gasteiger partial charge in [0, 0.05) is 23.2 Å². The average Bonchev–Trinajstić information content (AvgIpc) is 2.96. The van der Waals surface area contributed by atoms with Crippen LogP contribution in [0.25, 0.3) is 0 Å². The number of esters is 1. The van der Waals surface area contributed by atoms with Crippen molar-refractivity contribution in [2.75, 3.05) is 26.4 Å². The molecule has 0 spiro atoms. The normalized spacial score (nSPS) is 44.1. The molecule has 0 aromatic rings. The molecule has 1 saturated heterocycles. The van der Waals surface area contributed by atoms with Gasteiger partial charge in [-0.15, -0.1) is 0 Å². The Balaban J connectivity index is 1.57. The summed E-state index contributed by atoms with van der Waals surface area (Å²) in [6.07, 6.45) is 4.70. The van der Waals surface area contributed by atoms with Crippen LogP contribution in [0.4, 0.5) is 0 Å². The molecule has 0 aromatic heterocycles. The van der Waals surface area contributed by atoms with E-state index in [1.807, 2.05) is 26.8 Å². The van der Waals surface area contributed by atoms with Gasteiger partial charge in [-0.05, 0) is 86.5 Å². The molecule has 47 heavy (non-hydrogen) atoms. The molecule has 2 bridgehead atoms. The number of ketones is 1. The molecule has 4 aliphatic carbocycles. The minimum absolute atomic E-state index is 0.0187. The summed E-state index contributed by atoms with van der Waals surface area (Å²) in [5.74, 6) is -1.55. The smallest absolute Gasteiger partial charge is 0.308 e. The molecule has 9 heteroatoms. The van der Waals surface area contributed by atoms with Gasteiger partial charge in [0.05, 0.1) is 44.5 Å². The lowest BCUT2D eigenvalue weighted by Gasteiger charge is -2.70. The third-order valence-electron chi connectivity index (χ3n) is 14.4. The SMILES string of the molecule is CC(=O)O[C@@H]1C[C@@]23COC[C@@](C)([C@@H]2CC[C@H]2C3=CC(=O)[C@@]3(C)[C@H](C(=O)O)[C@@](C)([C@H](C)C(C)C)CC[C@]23C)[C@H]1OCC(N)COC(C)C. The number of nitrogens with two attached hydrogens (primary N) is 1. The van der Waals surface area contributed by atoms with E-state index in [2.05, 4.69) is 41.5 Å². The monoisotopic (exact) mass is 659 g/mol. The molecule has 5 rings (SSSR count). The second kappa shape index (κ2) is 12.5. The van der Waals surface area contributed by atoms with Gasteiger partial charge in [-0.3, -0.25) is 14.4 Å². The second-order valence-corrected chi connectivity index (χ2v) is 17.5. The van der Waals surface area contributed by atoms with E-state index in [4.69, 9.17) is 24.7 Å². The van der Waals surface area contributed by atoms with Gasteiger partial charge in [0.25, 0.3) is 0 Å². The van der Waals surface area contributed by atoms with Gasteiger partial charge in [-0.25, -0.2) is 0 Å². The Bertz CT molecular complexity index is 1280. The van der Waals surface area contributed by atoms with Crippen molar-refractivity contribution in [1.29, 1.82) is 0 Å². The minimum Gasteiger partial charge on any atom is -0.481 e. The lowest BCUT2D eigenvalue weighted by molar-refractivity contribution is -0.266. The second-order valence-electron chi connectivity index (χ2n) is 17.5. The highest BCUT2D eigenvalue weighted by Gasteiger charge is 2.74. The molecule has 3 saturated carbocycles. The van der Waals surface area contributed by atoms with E-state index >= 15 is 0 Å². The van der Waals surface area contributed by atoms with Crippen molar-refractivity contribution in [3.05, 3.63) is 11.6 Å².